The third-order valence-electron chi connectivity index (χ3n) is 4.90. The third-order valence-corrected chi connectivity index (χ3v) is 5.39. The Balaban J connectivity index is 2.03. The summed E-state index contributed by atoms with van der Waals surface area (Å²) in [6.45, 7) is 2.95. The Morgan fingerprint density at radius 1 is 1.29 bits per heavy atom. The fraction of sp³-hybridized carbons (Fsp3) is 0.647. The lowest BCUT2D eigenvalue weighted by molar-refractivity contribution is 0.0957. The Morgan fingerprint density at radius 3 is 2.52 bits per heavy atom. The van der Waals surface area contributed by atoms with Crippen LogP contribution >= 0.6 is 15.9 Å². The molecule has 2 rings (SSSR count). The number of rotatable bonds is 5. The smallest absolute Gasteiger partial charge is 0.129 e. The van der Waals surface area contributed by atoms with Gasteiger partial charge in [0, 0.05) is 28.2 Å². The molecule has 0 aliphatic heterocycles. The average Bonchev–Trinajstić information content (AvgIpc) is 2.45. The first-order valence-electron chi connectivity index (χ1n) is 7.80. The zero-order chi connectivity index (χ0) is 15.5. The van der Waals surface area contributed by atoms with Crippen molar-refractivity contribution in [3.63, 3.8) is 0 Å². The second-order valence-electron chi connectivity index (χ2n) is 6.45. The van der Waals surface area contributed by atoms with Crippen molar-refractivity contribution in [1.82, 2.24) is 10.2 Å². The molecule has 0 heterocycles. The summed E-state index contributed by atoms with van der Waals surface area (Å²) in [6.07, 6.45) is 6.37. The second kappa shape index (κ2) is 7.21. The van der Waals surface area contributed by atoms with Crippen molar-refractivity contribution in [2.75, 3.05) is 20.6 Å². The lowest BCUT2D eigenvalue weighted by Gasteiger charge is -2.44. The van der Waals surface area contributed by atoms with Gasteiger partial charge in [-0.3, -0.25) is 0 Å². The lowest BCUT2D eigenvalue weighted by Crippen LogP contribution is -2.53. The summed E-state index contributed by atoms with van der Waals surface area (Å²) in [5.74, 6) is -0.146. The van der Waals surface area contributed by atoms with E-state index in [0.29, 0.717) is 0 Å². The minimum Gasteiger partial charge on any atom is -0.308 e. The van der Waals surface area contributed by atoms with Gasteiger partial charge in [0.25, 0.3) is 0 Å². The minimum atomic E-state index is -0.146. The summed E-state index contributed by atoms with van der Waals surface area (Å²) in [7, 11) is 4.33. The van der Waals surface area contributed by atoms with Crippen LogP contribution in [0, 0.1) is 5.82 Å². The van der Waals surface area contributed by atoms with Crippen LogP contribution in [0.5, 0.6) is 0 Å². The largest absolute Gasteiger partial charge is 0.308 e. The summed E-state index contributed by atoms with van der Waals surface area (Å²) in [4.78, 5) is 2.35. The van der Waals surface area contributed by atoms with Crippen LogP contribution in [0.3, 0.4) is 0 Å². The van der Waals surface area contributed by atoms with Crippen molar-refractivity contribution in [2.45, 2.75) is 50.6 Å². The Bertz CT molecular complexity index is 470. The van der Waals surface area contributed by atoms with E-state index in [9.17, 15) is 4.39 Å². The molecular weight excluding hydrogens is 331 g/mol. The normalized spacial score (nSPS) is 19.7. The van der Waals surface area contributed by atoms with Crippen LogP contribution in [-0.4, -0.2) is 31.1 Å². The molecule has 0 aromatic heterocycles. The van der Waals surface area contributed by atoms with Crippen molar-refractivity contribution in [3.05, 3.63) is 34.1 Å². The van der Waals surface area contributed by atoms with E-state index < -0.39 is 0 Å². The van der Waals surface area contributed by atoms with Crippen LogP contribution < -0.4 is 5.32 Å². The molecule has 118 valence electrons. The summed E-state index contributed by atoms with van der Waals surface area (Å²) >= 11 is 3.31. The molecule has 1 saturated carbocycles. The molecule has 0 amide bonds. The van der Waals surface area contributed by atoms with Crippen molar-refractivity contribution < 1.29 is 4.39 Å². The SMILES string of the molecule is CC(NCC1(N(C)C)CCCCC1)c1ccc(Br)cc1F. The molecule has 1 aromatic carbocycles. The minimum absolute atomic E-state index is 0.0249. The molecule has 1 aliphatic carbocycles. The highest BCUT2D eigenvalue weighted by Crippen LogP contribution is 2.32. The maximum Gasteiger partial charge on any atom is 0.129 e. The van der Waals surface area contributed by atoms with Gasteiger partial charge in [0.1, 0.15) is 5.82 Å². The van der Waals surface area contributed by atoms with Crippen LogP contribution in [0.15, 0.2) is 22.7 Å². The van der Waals surface area contributed by atoms with E-state index in [0.717, 1.165) is 16.6 Å². The van der Waals surface area contributed by atoms with Crippen LogP contribution in [0.25, 0.3) is 0 Å². The molecule has 1 unspecified atom stereocenters. The first-order chi connectivity index (χ1) is 9.94. The number of nitrogens with zero attached hydrogens (tertiary/aromatic N) is 1. The molecule has 21 heavy (non-hydrogen) atoms. The van der Waals surface area contributed by atoms with Gasteiger partial charge in [0.15, 0.2) is 0 Å². The number of likely N-dealkylation sites (N-methyl/N-ethyl adjacent to an activating group) is 1. The molecular formula is C17H26BrFN2. The quantitative estimate of drug-likeness (QED) is 0.835. The van der Waals surface area contributed by atoms with Gasteiger partial charge in [-0.15, -0.1) is 0 Å². The molecule has 1 fully saturated rings. The molecule has 1 aromatic rings. The van der Waals surface area contributed by atoms with Crippen LogP contribution in [0.2, 0.25) is 0 Å². The maximum absolute atomic E-state index is 14.0. The summed E-state index contributed by atoms with van der Waals surface area (Å²) < 4.78 is 14.8. The van der Waals surface area contributed by atoms with Crippen molar-refractivity contribution in [3.8, 4) is 0 Å². The Kier molecular flexibility index (Phi) is 5.81. The van der Waals surface area contributed by atoms with E-state index in [4.69, 9.17) is 0 Å². The van der Waals surface area contributed by atoms with E-state index in [1.54, 1.807) is 0 Å². The standard InChI is InChI=1S/C17H26BrFN2/c1-13(15-8-7-14(18)11-16(15)19)20-12-17(21(2)3)9-5-4-6-10-17/h7-8,11,13,20H,4-6,9-10,12H2,1-3H3. The van der Waals surface area contributed by atoms with E-state index >= 15 is 0 Å². The Hall–Kier alpha value is -0.450. The molecule has 1 atom stereocenters. The highest BCUT2D eigenvalue weighted by Gasteiger charge is 2.34. The number of nitrogens with one attached hydrogen (secondary N) is 1. The molecule has 0 spiro atoms. The van der Waals surface area contributed by atoms with E-state index in [1.165, 1.54) is 38.2 Å². The van der Waals surface area contributed by atoms with Crippen LogP contribution in [0.1, 0.15) is 50.6 Å². The van der Waals surface area contributed by atoms with Gasteiger partial charge in [-0.25, -0.2) is 4.39 Å². The van der Waals surface area contributed by atoms with E-state index in [2.05, 4.69) is 40.2 Å². The fourth-order valence-electron chi connectivity index (χ4n) is 3.30. The number of halogens is 2. The summed E-state index contributed by atoms with van der Waals surface area (Å²) in [5, 5.41) is 3.55. The topological polar surface area (TPSA) is 15.3 Å². The predicted molar refractivity (Wildman–Crippen MR) is 90.0 cm³/mol. The van der Waals surface area contributed by atoms with E-state index in [1.807, 2.05) is 19.1 Å². The van der Waals surface area contributed by atoms with Crippen LogP contribution in [-0.2, 0) is 0 Å². The summed E-state index contributed by atoms with van der Waals surface area (Å²) in [6, 6.07) is 5.33. The number of hydrogen-bond donors (Lipinski definition) is 1. The first kappa shape index (κ1) is 16.9. The van der Waals surface area contributed by atoms with Gasteiger partial charge in [-0.2, -0.15) is 0 Å². The van der Waals surface area contributed by atoms with Gasteiger partial charge >= 0.3 is 0 Å². The predicted octanol–water partition coefficient (Wildman–Crippen LogP) is 4.50. The highest BCUT2D eigenvalue weighted by molar-refractivity contribution is 9.10. The zero-order valence-electron chi connectivity index (χ0n) is 13.3. The molecule has 0 bridgehead atoms. The molecule has 4 heteroatoms. The number of hydrogen-bond acceptors (Lipinski definition) is 2. The Morgan fingerprint density at radius 2 is 1.95 bits per heavy atom. The van der Waals surface area contributed by atoms with Crippen molar-refractivity contribution in [2.24, 2.45) is 0 Å². The number of benzene rings is 1. The van der Waals surface area contributed by atoms with Gasteiger partial charge in [0.2, 0.25) is 0 Å². The molecule has 1 aliphatic rings. The van der Waals surface area contributed by atoms with Gasteiger partial charge in [-0.1, -0.05) is 41.3 Å². The fourth-order valence-corrected chi connectivity index (χ4v) is 3.63. The lowest BCUT2D eigenvalue weighted by atomic mass is 9.80. The molecule has 1 N–H and O–H groups in total. The van der Waals surface area contributed by atoms with Gasteiger partial charge < -0.3 is 10.2 Å². The van der Waals surface area contributed by atoms with Crippen molar-refractivity contribution >= 4 is 15.9 Å². The van der Waals surface area contributed by atoms with Gasteiger partial charge in [-0.05, 0) is 46.0 Å². The second-order valence-corrected chi connectivity index (χ2v) is 7.36. The molecule has 0 saturated heterocycles. The monoisotopic (exact) mass is 356 g/mol. The van der Waals surface area contributed by atoms with Gasteiger partial charge in [0.05, 0.1) is 0 Å². The Labute approximate surface area is 136 Å². The van der Waals surface area contributed by atoms with E-state index in [-0.39, 0.29) is 17.4 Å². The third kappa shape index (κ3) is 4.05. The summed E-state index contributed by atoms with van der Waals surface area (Å²) in [5.41, 5.74) is 0.959. The first-order valence-corrected chi connectivity index (χ1v) is 8.60. The van der Waals surface area contributed by atoms with Crippen molar-refractivity contribution in [1.29, 1.82) is 0 Å². The average molecular weight is 357 g/mol. The van der Waals surface area contributed by atoms with Crippen LogP contribution in [0.4, 0.5) is 4.39 Å². The highest BCUT2D eigenvalue weighted by atomic mass is 79.9. The zero-order valence-corrected chi connectivity index (χ0v) is 14.8. The maximum atomic E-state index is 14.0. The molecule has 2 nitrogen and oxygen atoms in total. The molecule has 0 radical (unpaired) electrons.